The molecule has 0 unspecified atom stereocenters. The van der Waals surface area contributed by atoms with Gasteiger partial charge in [-0.3, -0.25) is 14.5 Å². The van der Waals surface area contributed by atoms with Crippen molar-refractivity contribution in [3.05, 3.63) is 35.5 Å². The van der Waals surface area contributed by atoms with Gasteiger partial charge in [-0.05, 0) is 69.5 Å². The van der Waals surface area contributed by atoms with Crippen LogP contribution in [-0.2, 0) is 27.2 Å². The molecule has 0 radical (unpaired) electrons. The molecule has 1 aromatic heterocycles. The van der Waals surface area contributed by atoms with Crippen LogP contribution in [0.5, 0.6) is 0 Å². The van der Waals surface area contributed by atoms with Crippen molar-refractivity contribution in [1.82, 2.24) is 9.88 Å². The van der Waals surface area contributed by atoms with Gasteiger partial charge >= 0.3 is 11.9 Å². The Morgan fingerprint density at radius 3 is 2.70 bits per heavy atom. The highest BCUT2D eigenvalue weighted by atomic mass is 16.6. The van der Waals surface area contributed by atoms with Gasteiger partial charge in [0.1, 0.15) is 5.60 Å². The van der Waals surface area contributed by atoms with Crippen LogP contribution in [0.15, 0.2) is 24.4 Å². The number of fused-ring (bicyclic) bond motifs is 1. The third-order valence-corrected chi connectivity index (χ3v) is 4.98. The molecule has 3 rings (SSSR count). The van der Waals surface area contributed by atoms with Crippen LogP contribution in [0.2, 0.25) is 0 Å². The predicted octanol–water partition coefficient (Wildman–Crippen LogP) is 3.15. The van der Waals surface area contributed by atoms with Crippen molar-refractivity contribution in [2.24, 2.45) is 0 Å². The summed E-state index contributed by atoms with van der Waals surface area (Å²) in [6, 6.07) is 5.58. The molecule has 1 aromatic carbocycles. The Morgan fingerprint density at radius 1 is 1.26 bits per heavy atom. The summed E-state index contributed by atoms with van der Waals surface area (Å²) in [5.74, 6) is -1.05. The van der Waals surface area contributed by atoms with Crippen molar-refractivity contribution in [3.8, 4) is 0 Å². The zero-order valence-electron chi connectivity index (χ0n) is 16.1. The topological polar surface area (TPSA) is 82.6 Å². The number of aromatic amines is 1. The van der Waals surface area contributed by atoms with Gasteiger partial charge in [0, 0.05) is 30.1 Å². The first-order chi connectivity index (χ1) is 12.8. The number of likely N-dealkylation sites (tertiary alicyclic amines) is 1. The van der Waals surface area contributed by atoms with Crippen LogP contribution in [0.25, 0.3) is 10.9 Å². The number of hydrogen-bond acceptors (Lipinski definition) is 4. The summed E-state index contributed by atoms with van der Waals surface area (Å²) < 4.78 is 5.72. The lowest BCUT2D eigenvalue weighted by molar-refractivity contribution is -0.157. The molecule has 1 fully saturated rings. The van der Waals surface area contributed by atoms with Crippen LogP contribution in [0.1, 0.15) is 44.2 Å². The average Bonchev–Trinajstić information content (AvgIpc) is 3.20. The maximum absolute atomic E-state index is 12.3. The molecule has 2 heterocycles. The third-order valence-electron chi connectivity index (χ3n) is 4.98. The summed E-state index contributed by atoms with van der Waals surface area (Å²) in [6.07, 6.45) is 5.18. The van der Waals surface area contributed by atoms with Crippen LogP contribution in [0.3, 0.4) is 0 Å². The molecule has 6 heteroatoms. The minimum absolute atomic E-state index is 0.00666. The second-order valence-electron chi connectivity index (χ2n) is 7.98. The zero-order chi connectivity index (χ0) is 19.4. The summed E-state index contributed by atoms with van der Waals surface area (Å²) in [7, 11) is 0. The molecule has 6 nitrogen and oxygen atoms in total. The fourth-order valence-electron chi connectivity index (χ4n) is 3.82. The van der Waals surface area contributed by atoms with E-state index in [1.54, 1.807) is 0 Å². The van der Waals surface area contributed by atoms with Crippen molar-refractivity contribution in [2.75, 3.05) is 19.6 Å². The fourth-order valence-corrected chi connectivity index (χ4v) is 3.82. The number of ether oxygens (including phenoxy) is 1. The van der Waals surface area contributed by atoms with E-state index in [2.05, 4.69) is 9.88 Å². The number of benzene rings is 1. The number of carbonyl (C=O) groups is 2. The molecule has 27 heavy (non-hydrogen) atoms. The minimum Gasteiger partial charge on any atom is -0.481 e. The predicted molar refractivity (Wildman–Crippen MR) is 104 cm³/mol. The van der Waals surface area contributed by atoms with Gasteiger partial charge in [-0.25, -0.2) is 0 Å². The summed E-state index contributed by atoms with van der Waals surface area (Å²) >= 11 is 0. The highest BCUT2D eigenvalue weighted by Crippen LogP contribution is 2.23. The lowest BCUT2D eigenvalue weighted by atomic mass is 10.0. The molecule has 1 aliphatic heterocycles. The van der Waals surface area contributed by atoms with Crippen LogP contribution < -0.4 is 0 Å². The molecule has 0 bridgehead atoms. The fraction of sp³-hybridized carbons (Fsp3) is 0.524. The van der Waals surface area contributed by atoms with Gasteiger partial charge in [0.2, 0.25) is 0 Å². The van der Waals surface area contributed by atoms with Gasteiger partial charge in [-0.15, -0.1) is 0 Å². The quantitative estimate of drug-likeness (QED) is 0.696. The van der Waals surface area contributed by atoms with Crippen molar-refractivity contribution >= 4 is 22.8 Å². The molecule has 0 atom stereocenters. The van der Waals surface area contributed by atoms with Crippen molar-refractivity contribution in [3.63, 3.8) is 0 Å². The SMILES string of the molecule is CC(C)(CN1CCCC1)OC(=O)CCc1c[nH]c2ccc(CC(=O)O)cc12. The van der Waals surface area contributed by atoms with E-state index in [0.29, 0.717) is 12.8 Å². The summed E-state index contributed by atoms with van der Waals surface area (Å²) in [6.45, 7) is 6.86. The monoisotopic (exact) mass is 372 g/mol. The molecule has 2 N–H and O–H groups in total. The van der Waals surface area contributed by atoms with E-state index in [9.17, 15) is 9.59 Å². The molecular weight excluding hydrogens is 344 g/mol. The lowest BCUT2D eigenvalue weighted by Crippen LogP contribution is -2.40. The van der Waals surface area contributed by atoms with Crippen LogP contribution >= 0.6 is 0 Å². The Kier molecular flexibility index (Phi) is 5.85. The first kappa shape index (κ1) is 19.4. The molecule has 1 aliphatic rings. The normalized spacial score (nSPS) is 15.3. The number of hydrogen-bond donors (Lipinski definition) is 2. The van der Waals surface area contributed by atoms with Gasteiger partial charge in [0.05, 0.1) is 6.42 Å². The maximum Gasteiger partial charge on any atom is 0.307 e. The number of aryl methyl sites for hydroxylation is 1. The smallest absolute Gasteiger partial charge is 0.307 e. The second kappa shape index (κ2) is 8.13. The zero-order valence-corrected chi connectivity index (χ0v) is 16.1. The molecule has 1 saturated heterocycles. The van der Waals surface area contributed by atoms with Crippen LogP contribution in [0, 0.1) is 0 Å². The molecule has 0 spiro atoms. The number of carbonyl (C=O) groups excluding carboxylic acids is 1. The Morgan fingerprint density at radius 2 is 2.00 bits per heavy atom. The number of aliphatic carboxylic acids is 1. The van der Waals surface area contributed by atoms with Gasteiger partial charge < -0.3 is 14.8 Å². The van der Waals surface area contributed by atoms with E-state index in [4.69, 9.17) is 9.84 Å². The van der Waals surface area contributed by atoms with Gasteiger partial charge in [0.25, 0.3) is 0 Å². The number of esters is 1. The molecule has 0 amide bonds. The molecule has 2 aromatic rings. The summed E-state index contributed by atoms with van der Waals surface area (Å²) in [5.41, 5.74) is 2.22. The van der Waals surface area contributed by atoms with E-state index >= 15 is 0 Å². The summed E-state index contributed by atoms with van der Waals surface area (Å²) in [4.78, 5) is 28.8. The first-order valence-corrected chi connectivity index (χ1v) is 9.57. The lowest BCUT2D eigenvalue weighted by Gasteiger charge is -2.30. The van der Waals surface area contributed by atoms with Crippen LogP contribution in [0.4, 0.5) is 0 Å². The number of rotatable bonds is 8. The Bertz CT molecular complexity index is 819. The van der Waals surface area contributed by atoms with E-state index < -0.39 is 11.6 Å². The Hall–Kier alpha value is -2.34. The number of H-pyrrole nitrogens is 1. The van der Waals surface area contributed by atoms with Gasteiger partial charge in [-0.1, -0.05) is 6.07 Å². The van der Waals surface area contributed by atoms with E-state index in [-0.39, 0.29) is 12.4 Å². The van der Waals surface area contributed by atoms with E-state index in [1.165, 1.54) is 12.8 Å². The molecular formula is C21H28N2O4. The molecule has 0 aliphatic carbocycles. The van der Waals surface area contributed by atoms with Crippen molar-refractivity contribution < 1.29 is 19.4 Å². The summed E-state index contributed by atoms with van der Waals surface area (Å²) in [5, 5.41) is 9.94. The minimum atomic E-state index is -0.852. The highest BCUT2D eigenvalue weighted by Gasteiger charge is 2.27. The third kappa shape index (κ3) is 5.32. The number of nitrogens with zero attached hydrogens (tertiary/aromatic N) is 1. The first-order valence-electron chi connectivity index (χ1n) is 9.57. The standard InChI is InChI=1S/C21H28N2O4/c1-21(2,14-23-9-3-4-10-23)27-20(26)8-6-16-13-22-18-7-5-15(11-17(16)18)12-19(24)25/h5,7,11,13,22H,3-4,6,8-10,12,14H2,1-2H3,(H,24,25). The Balaban J connectivity index is 1.58. The highest BCUT2D eigenvalue weighted by molar-refractivity contribution is 5.85. The molecule has 146 valence electrons. The number of carboxylic acids is 1. The average molecular weight is 372 g/mol. The molecule has 0 saturated carbocycles. The largest absolute Gasteiger partial charge is 0.481 e. The van der Waals surface area contributed by atoms with E-state index in [0.717, 1.165) is 41.7 Å². The van der Waals surface area contributed by atoms with Crippen LogP contribution in [-0.4, -0.2) is 52.2 Å². The number of aromatic nitrogens is 1. The number of carboxylic acid groups (broad SMARTS) is 1. The van der Waals surface area contributed by atoms with Gasteiger partial charge in [-0.2, -0.15) is 0 Å². The van der Waals surface area contributed by atoms with Crippen molar-refractivity contribution in [2.45, 2.75) is 51.6 Å². The van der Waals surface area contributed by atoms with E-state index in [1.807, 2.05) is 38.2 Å². The maximum atomic E-state index is 12.3. The Labute approximate surface area is 159 Å². The second-order valence-corrected chi connectivity index (χ2v) is 7.98. The number of nitrogens with one attached hydrogen (secondary N) is 1. The van der Waals surface area contributed by atoms with Gasteiger partial charge in [0.15, 0.2) is 0 Å². The van der Waals surface area contributed by atoms with Crippen molar-refractivity contribution in [1.29, 1.82) is 0 Å².